The van der Waals surface area contributed by atoms with Crippen LogP contribution in [0.2, 0.25) is 0 Å². The van der Waals surface area contributed by atoms with Crippen LogP contribution in [0, 0.1) is 0 Å². The Morgan fingerprint density at radius 3 is 2.00 bits per heavy atom. The molecule has 0 saturated heterocycles. The summed E-state index contributed by atoms with van der Waals surface area (Å²) in [5.74, 6) is 0. The van der Waals surface area contributed by atoms with Crippen molar-refractivity contribution < 1.29 is 8.42 Å². The fourth-order valence-corrected chi connectivity index (χ4v) is 4.01. The summed E-state index contributed by atoms with van der Waals surface area (Å²) in [6, 6.07) is 0.395. The molecule has 0 amide bonds. The van der Waals surface area contributed by atoms with Gasteiger partial charge in [-0.2, -0.15) is 4.31 Å². The molecule has 0 radical (unpaired) electrons. The molecule has 0 aromatic heterocycles. The minimum Gasteiger partial charge on any atom is -0.328 e. The molecule has 4 nitrogen and oxygen atoms in total. The molecule has 0 atom stereocenters. The van der Waals surface area contributed by atoms with Crippen molar-refractivity contribution in [2.24, 2.45) is 5.73 Å². The molecule has 17 heavy (non-hydrogen) atoms. The van der Waals surface area contributed by atoms with Crippen molar-refractivity contribution in [3.8, 4) is 0 Å². The highest BCUT2D eigenvalue weighted by Gasteiger charge is 2.39. The molecule has 0 aromatic rings. The minimum absolute atomic E-state index is 0.143. The Morgan fingerprint density at radius 2 is 1.65 bits per heavy atom. The van der Waals surface area contributed by atoms with Crippen molar-refractivity contribution in [3.05, 3.63) is 0 Å². The average molecular weight is 262 g/mol. The molecule has 1 rings (SSSR count). The number of rotatable bonds is 3. The lowest BCUT2D eigenvalue weighted by atomic mass is 9.92. The van der Waals surface area contributed by atoms with E-state index >= 15 is 0 Å². The number of nitrogens with two attached hydrogens (primary N) is 1. The number of hydrogen-bond donors (Lipinski definition) is 1. The monoisotopic (exact) mass is 262 g/mol. The molecule has 0 bridgehead atoms. The molecule has 0 heterocycles. The second-order valence-electron chi connectivity index (χ2n) is 5.89. The summed E-state index contributed by atoms with van der Waals surface area (Å²) in [4.78, 5) is 0. The van der Waals surface area contributed by atoms with Crippen molar-refractivity contribution in [3.63, 3.8) is 0 Å². The molecule has 0 aromatic carbocycles. The molecule has 2 N–H and O–H groups in total. The Kier molecular flexibility index (Phi) is 4.60. The van der Waals surface area contributed by atoms with Gasteiger partial charge in [-0.3, -0.25) is 0 Å². The first kappa shape index (κ1) is 14.9. The average Bonchev–Trinajstić information content (AvgIpc) is 2.20. The van der Waals surface area contributed by atoms with E-state index in [4.69, 9.17) is 5.73 Å². The van der Waals surface area contributed by atoms with Gasteiger partial charge >= 0.3 is 0 Å². The van der Waals surface area contributed by atoms with E-state index in [2.05, 4.69) is 0 Å². The van der Waals surface area contributed by atoms with E-state index in [1.807, 2.05) is 6.92 Å². The van der Waals surface area contributed by atoms with Gasteiger partial charge in [0.15, 0.2) is 0 Å². The highest BCUT2D eigenvalue weighted by atomic mass is 32.2. The van der Waals surface area contributed by atoms with Crippen molar-refractivity contribution >= 4 is 10.0 Å². The highest BCUT2D eigenvalue weighted by molar-refractivity contribution is 7.90. The summed E-state index contributed by atoms with van der Waals surface area (Å²) in [6.07, 6.45) is 3.65. The van der Waals surface area contributed by atoms with Crippen LogP contribution in [0.25, 0.3) is 0 Å². The maximum atomic E-state index is 12.5. The molecular weight excluding hydrogens is 236 g/mol. The highest BCUT2D eigenvalue weighted by Crippen LogP contribution is 2.29. The van der Waals surface area contributed by atoms with Gasteiger partial charge in [0.2, 0.25) is 10.0 Å². The van der Waals surface area contributed by atoms with Gasteiger partial charge < -0.3 is 5.73 Å². The maximum absolute atomic E-state index is 12.5. The van der Waals surface area contributed by atoms with Crippen molar-refractivity contribution in [2.45, 2.75) is 70.2 Å². The van der Waals surface area contributed by atoms with E-state index in [1.165, 1.54) is 0 Å². The van der Waals surface area contributed by atoms with Crippen LogP contribution in [0.15, 0.2) is 0 Å². The molecule has 0 unspecified atom stereocenters. The predicted octanol–water partition coefficient (Wildman–Crippen LogP) is 1.71. The summed E-state index contributed by atoms with van der Waals surface area (Å²) in [7, 11) is -3.21. The molecular formula is C12H26N2O2S. The number of hydrogen-bond acceptors (Lipinski definition) is 3. The van der Waals surface area contributed by atoms with Crippen LogP contribution in [0.5, 0.6) is 0 Å². The summed E-state index contributed by atoms with van der Waals surface area (Å²) < 4.78 is 25.9. The topological polar surface area (TPSA) is 63.4 Å². The molecule has 5 heteroatoms. The molecule has 0 spiro atoms. The fourth-order valence-electron chi connectivity index (χ4n) is 2.37. The zero-order valence-corrected chi connectivity index (χ0v) is 12.3. The lowest BCUT2D eigenvalue weighted by Gasteiger charge is -2.38. The van der Waals surface area contributed by atoms with Gasteiger partial charge in [-0.15, -0.1) is 0 Å². The van der Waals surface area contributed by atoms with E-state index < -0.39 is 14.8 Å². The molecule has 102 valence electrons. The normalized spacial score (nSPS) is 27.4. The lowest BCUT2D eigenvalue weighted by Crippen LogP contribution is -2.50. The SMILES string of the molecule is CCN(C1CCC(N)CC1)S(=O)(=O)C(C)(C)C. The van der Waals surface area contributed by atoms with E-state index in [-0.39, 0.29) is 12.1 Å². The molecule has 1 aliphatic rings. The third-order valence-electron chi connectivity index (χ3n) is 3.54. The van der Waals surface area contributed by atoms with Gasteiger partial charge in [0.05, 0.1) is 4.75 Å². The fraction of sp³-hybridized carbons (Fsp3) is 1.00. The van der Waals surface area contributed by atoms with Crippen molar-refractivity contribution in [1.82, 2.24) is 4.31 Å². The quantitative estimate of drug-likeness (QED) is 0.842. The van der Waals surface area contributed by atoms with Crippen LogP contribution in [0.1, 0.15) is 53.4 Å². The smallest absolute Gasteiger partial charge is 0.219 e. The van der Waals surface area contributed by atoms with Gasteiger partial charge in [0.25, 0.3) is 0 Å². The third-order valence-corrected chi connectivity index (χ3v) is 6.26. The summed E-state index contributed by atoms with van der Waals surface area (Å²) >= 11 is 0. The maximum Gasteiger partial charge on any atom is 0.219 e. The van der Waals surface area contributed by atoms with Crippen LogP contribution >= 0.6 is 0 Å². The summed E-state index contributed by atoms with van der Waals surface area (Å²) in [6.45, 7) is 7.76. The minimum atomic E-state index is -3.21. The summed E-state index contributed by atoms with van der Waals surface area (Å²) in [5.41, 5.74) is 5.87. The zero-order chi connectivity index (χ0) is 13.3. The second kappa shape index (κ2) is 5.24. The molecule has 1 fully saturated rings. The first-order valence-electron chi connectivity index (χ1n) is 6.47. The van der Waals surface area contributed by atoms with E-state index in [0.717, 1.165) is 25.7 Å². The van der Waals surface area contributed by atoms with E-state index in [0.29, 0.717) is 6.54 Å². The standard InChI is InChI=1S/C12H26N2O2S/c1-5-14(17(15,16)12(2,3)4)11-8-6-10(13)7-9-11/h10-11H,5-9,13H2,1-4H3. The predicted molar refractivity (Wildman–Crippen MR) is 71.3 cm³/mol. The molecule has 1 saturated carbocycles. The van der Waals surface area contributed by atoms with Gasteiger partial charge in [-0.05, 0) is 46.5 Å². The number of nitrogens with zero attached hydrogens (tertiary/aromatic N) is 1. The first-order valence-corrected chi connectivity index (χ1v) is 7.91. The van der Waals surface area contributed by atoms with Gasteiger partial charge in [-0.25, -0.2) is 8.42 Å². The Bertz CT molecular complexity index is 338. The largest absolute Gasteiger partial charge is 0.328 e. The Balaban J connectivity index is 2.86. The molecule has 1 aliphatic carbocycles. The lowest BCUT2D eigenvalue weighted by molar-refractivity contribution is 0.243. The van der Waals surface area contributed by atoms with Gasteiger partial charge in [0.1, 0.15) is 0 Å². The first-order chi connectivity index (χ1) is 7.70. The second-order valence-corrected chi connectivity index (χ2v) is 8.53. The zero-order valence-electron chi connectivity index (χ0n) is 11.4. The van der Waals surface area contributed by atoms with Crippen LogP contribution in [0.3, 0.4) is 0 Å². The van der Waals surface area contributed by atoms with Crippen molar-refractivity contribution in [1.29, 1.82) is 0 Å². The Labute approximate surface area is 106 Å². The van der Waals surface area contributed by atoms with E-state index in [9.17, 15) is 8.42 Å². The Hall–Kier alpha value is -0.130. The van der Waals surface area contributed by atoms with Crippen molar-refractivity contribution in [2.75, 3.05) is 6.54 Å². The van der Waals surface area contributed by atoms with E-state index in [1.54, 1.807) is 25.1 Å². The Morgan fingerprint density at radius 1 is 1.18 bits per heavy atom. The van der Waals surface area contributed by atoms with Crippen LogP contribution in [0.4, 0.5) is 0 Å². The van der Waals surface area contributed by atoms with Gasteiger partial charge in [-0.1, -0.05) is 6.92 Å². The van der Waals surface area contributed by atoms with Gasteiger partial charge in [0, 0.05) is 18.6 Å². The van der Waals surface area contributed by atoms with Crippen LogP contribution < -0.4 is 5.73 Å². The third kappa shape index (κ3) is 3.20. The number of sulfonamides is 1. The summed E-state index contributed by atoms with van der Waals surface area (Å²) in [5, 5.41) is 0. The molecule has 0 aliphatic heterocycles. The van der Waals surface area contributed by atoms with Crippen LogP contribution in [-0.2, 0) is 10.0 Å². The van der Waals surface area contributed by atoms with Crippen LogP contribution in [-0.4, -0.2) is 36.1 Å².